The van der Waals surface area contributed by atoms with Gasteiger partial charge in [0.15, 0.2) is 0 Å². The number of aromatic nitrogens is 8. The summed E-state index contributed by atoms with van der Waals surface area (Å²) in [4.78, 5) is 46.0. The number of anilines is 2. The number of nitrogens with zero attached hydrogens (tertiary/aromatic N) is 9. The smallest absolute Gasteiger partial charge is 0.318 e. The summed E-state index contributed by atoms with van der Waals surface area (Å²) in [6, 6.07) is 6.89. The first-order valence-corrected chi connectivity index (χ1v) is 24.4. The lowest BCUT2D eigenvalue weighted by molar-refractivity contribution is 0.197. The molecule has 67 heavy (non-hydrogen) atoms. The Morgan fingerprint density at radius 2 is 1.22 bits per heavy atom. The van der Waals surface area contributed by atoms with Crippen LogP contribution in [0.4, 0.5) is 21.5 Å². The van der Waals surface area contributed by atoms with Crippen molar-refractivity contribution >= 4 is 114 Å². The van der Waals surface area contributed by atoms with Crippen LogP contribution in [0.5, 0.6) is 11.5 Å². The van der Waals surface area contributed by atoms with E-state index in [9.17, 15) is 9.59 Å². The highest BCUT2D eigenvalue weighted by molar-refractivity contribution is 9.10. The van der Waals surface area contributed by atoms with E-state index in [0.29, 0.717) is 111 Å². The Labute approximate surface area is 426 Å². The van der Waals surface area contributed by atoms with Crippen LogP contribution < -0.4 is 31.6 Å². The van der Waals surface area contributed by atoms with Gasteiger partial charge >= 0.3 is 12.1 Å². The Morgan fingerprint density at radius 1 is 0.716 bits per heavy atom. The number of nitrogen functional groups attached to an aromatic ring is 2. The quantitative estimate of drug-likeness (QED) is 0.0764. The zero-order chi connectivity index (χ0) is 47.4. The maximum absolute atomic E-state index is 12.6. The van der Waals surface area contributed by atoms with Gasteiger partial charge in [-0.15, -0.1) is 11.6 Å². The van der Waals surface area contributed by atoms with Crippen LogP contribution in [0.3, 0.4) is 0 Å². The fourth-order valence-corrected chi connectivity index (χ4v) is 8.85. The van der Waals surface area contributed by atoms with Crippen LogP contribution in [0.2, 0.25) is 20.1 Å². The molecule has 0 spiro atoms. The number of rotatable bonds is 11. The Kier molecular flexibility index (Phi) is 15.7. The molecule has 25 heteroatoms. The number of hydrogen-bond acceptors (Lipinski definition) is 12. The first-order valence-electron chi connectivity index (χ1n) is 20.8. The molecule has 0 atom stereocenters. The van der Waals surface area contributed by atoms with Gasteiger partial charge in [0.05, 0.1) is 104 Å². The summed E-state index contributed by atoms with van der Waals surface area (Å²) in [5.41, 5.74) is 17.1. The van der Waals surface area contributed by atoms with Crippen molar-refractivity contribution in [3.63, 3.8) is 0 Å². The summed E-state index contributed by atoms with van der Waals surface area (Å²) < 4.78 is 15.4. The van der Waals surface area contributed by atoms with E-state index in [1.807, 2.05) is 6.20 Å². The highest BCUT2D eigenvalue weighted by Gasteiger charge is 2.35. The molecule has 352 valence electrons. The van der Waals surface area contributed by atoms with E-state index in [-0.39, 0.29) is 42.6 Å². The molecule has 2 aromatic carbocycles. The van der Waals surface area contributed by atoms with Gasteiger partial charge in [0, 0.05) is 45.6 Å². The third-order valence-corrected chi connectivity index (χ3v) is 12.5. The average Bonchev–Trinajstić information content (AvgIpc) is 4.01. The van der Waals surface area contributed by atoms with E-state index in [1.165, 1.54) is 0 Å². The number of urea groups is 2. The number of nitrogens with one attached hydrogen (secondary N) is 3. The van der Waals surface area contributed by atoms with Crippen LogP contribution >= 0.6 is 89.9 Å². The van der Waals surface area contributed by atoms with Gasteiger partial charge < -0.3 is 41.4 Å². The molecular weight excluding hydrogens is 1100 g/mol. The zero-order valence-corrected chi connectivity index (χ0v) is 42.2. The number of benzene rings is 2. The molecule has 2 fully saturated rings. The van der Waals surface area contributed by atoms with Crippen molar-refractivity contribution < 1.29 is 19.1 Å². The summed E-state index contributed by atoms with van der Waals surface area (Å²) in [5, 5.41) is 18.1. The molecule has 4 aromatic heterocycles. The number of halogens is 7. The number of amides is 4. The summed E-state index contributed by atoms with van der Waals surface area (Å²) >= 11 is 37.8. The molecule has 2 aliphatic heterocycles. The van der Waals surface area contributed by atoms with Crippen LogP contribution in [0, 0.1) is 0 Å². The van der Waals surface area contributed by atoms with Crippen molar-refractivity contribution in [1.82, 2.24) is 60.3 Å². The Bertz CT molecular complexity index is 2780. The first kappa shape index (κ1) is 48.6. The zero-order valence-electron chi connectivity index (χ0n) is 35.2. The van der Waals surface area contributed by atoms with Gasteiger partial charge in [-0.05, 0) is 81.8 Å². The van der Waals surface area contributed by atoms with Crippen molar-refractivity contribution in [1.29, 1.82) is 0 Å². The van der Waals surface area contributed by atoms with E-state index in [1.54, 1.807) is 57.3 Å². The number of H-pyrrole nitrogens is 1. The molecule has 4 amide bonds. The fraction of sp³-hybridized carbons (Fsp3) is 0.333. The number of fused-ring (bicyclic) bond motifs is 2. The number of hydrogen-bond donors (Lipinski definition) is 5. The van der Waals surface area contributed by atoms with E-state index >= 15 is 0 Å². The maximum Gasteiger partial charge on any atom is 0.318 e. The third-order valence-electron chi connectivity index (χ3n) is 10.5. The molecule has 7 N–H and O–H groups in total. The van der Waals surface area contributed by atoms with E-state index in [4.69, 9.17) is 78.9 Å². The predicted molar refractivity (Wildman–Crippen MR) is 263 cm³/mol. The fourth-order valence-electron chi connectivity index (χ4n) is 7.12. The second kappa shape index (κ2) is 21.6. The highest BCUT2D eigenvalue weighted by atomic mass is 79.9. The number of aromatic amines is 1. The third kappa shape index (κ3) is 12.4. The maximum atomic E-state index is 12.6. The molecule has 18 nitrogen and oxygen atoms in total. The van der Waals surface area contributed by atoms with Crippen LogP contribution in [0.1, 0.15) is 48.2 Å². The summed E-state index contributed by atoms with van der Waals surface area (Å²) in [6.07, 6.45) is 11.1. The number of carbonyl (C=O) groups is 2. The van der Waals surface area contributed by atoms with Crippen molar-refractivity contribution in [2.24, 2.45) is 0 Å². The lowest BCUT2D eigenvalue weighted by Crippen LogP contribution is -2.37. The van der Waals surface area contributed by atoms with E-state index in [0.717, 1.165) is 45.8 Å². The summed E-state index contributed by atoms with van der Waals surface area (Å²) in [7, 11) is 0. The SMILES string of the molecule is Brc1cn[nH]c1.Nc1nc2c(c(-c3c(Cl)cc(Cl)cc3OCCCl)n1)CN(C(=O)NC1CC1)C2.Nc1nc2c(c(-c3c(Cl)cc(Cl)cc3OCCn3cc(Br)cn3)n1)CN(C(=O)NC1CC1)C2. The topological polar surface area (TPSA) is 233 Å². The molecule has 0 bridgehead atoms. The van der Waals surface area contributed by atoms with Gasteiger partial charge in [-0.2, -0.15) is 10.2 Å². The van der Waals surface area contributed by atoms with Crippen LogP contribution in [-0.4, -0.2) is 93.0 Å². The molecule has 0 unspecified atom stereocenters. The number of carbonyl (C=O) groups excluding carboxylic acids is 2. The van der Waals surface area contributed by atoms with Crippen LogP contribution in [0.25, 0.3) is 22.5 Å². The normalized spacial score (nSPS) is 14.6. The van der Waals surface area contributed by atoms with Gasteiger partial charge in [0.25, 0.3) is 0 Å². The average molecular weight is 1140 g/mol. The highest BCUT2D eigenvalue weighted by Crippen LogP contribution is 2.44. The molecule has 0 saturated heterocycles. The van der Waals surface area contributed by atoms with Crippen molar-refractivity contribution in [2.75, 3.05) is 30.6 Å². The second-order valence-corrected chi connectivity index (χ2v) is 19.5. The Balaban J connectivity index is 0.000000163. The van der Waals surface area contributed by atoms with Crippen molar-refractivity contribution in [3.05, 3.63) is 101 Å². The molecule has 4 aliphatic rings. The molecule has 0 radical (unpaired) electrons. The minimum Gasteiger partial charge on any atom is -0.492 e. The number of alkyl halides is 1. The predicted octanol–water partition coefficient (Wildman–Crippen LogP) is 9.27. The number of ether oxygens (including phenoxy) is 2. The largest absolute Gasteiger partial charge is 0.492 e. The number of nitrogens with two attached hydrogens (primary N) is 2. The molecule has 10 rings (SSSR count). The van der Waals surface area contributed by atoms with E-state index in [2.05, 4.69) is 77.7 Å². The van der Waals surface area contributed by atoms with Crippen LogP contribution in [-0.2, 0) is 32.7 Å². The van der Waals surface area contributed by atoms with Gasteiger partial charge in [0.2, 0.25) is 11.9 Å². The lowest BCUT2D eigenvalue weighted by atomic mass is 10.0. The van der Waals surface area contributed by atoms with Crippen LogP contribution in [0.15, 0.2) is 58.0 Å². The van der Waals surface area contributed by atoms with Crippen molar-refractivity contribution in [2.45, 2.75) is 70.5 Å². The Morgan fingerprint density at radius 3 is 1.63 bits per heavy atom. The second-order valence-electron chi connectivity index (χ2n) is 15.6. The molecule has 6 aromatic rings. The van der Waals surface area contributed by atoms with Gasteiger partial charge in [-0.3, -0.25) is 9.78 Å². The standard InChI is InChI=1S/C21H20BrCl2N7O2.C18H18Cl3N5O2.C3H3BrN2/c22-11-7-26-31(8-11)3-4-33-17-6-12(23)5-15(24)18(17)19-14-9-30(21(32)27-13-1-2-13)10-16(14)28-20(25)29-19;19-3-4-28-14-6-9(20)5-12(21)15(14)16-11-7-26(18(27)23-10-1-2-10)8-13(11)24-17(22)25-16;4-3-1-5-6-2-3/h5-8,13H,1-4,9-10H2,(H,27,32)(H2,25,28,29);5-6,10H,1-4,7-8H2,(H,23,27)(H2,22,24,25);1-2H,(H,5,6). The molecule has 2 saturated carbocycles. The molecule has 2 aliphatic carbocycles. The van der Waals surface area contributed by atoms with Gasteiger partial charge in [-0.1, -0.05) is 46.4 Å². The summed E-state index contributed by atoms with van der Waals surface area (Å²) in [6.45, 7) is 2.55. The summed E-state index contributed by atoms with van der Waals surface area (Å²) in [5.74, 6) is 1.45. The molecule has 6 heterocycles. The van der Waals surface area contributed by atoms with E-state index < -0.39 is 0 Å². The minimum atomic E-state index is -0.121. The minimum absolute atomic E-state index is 0.103. The van der Waals surface area contributed by atoms with Gasteiger partial charge in [-0.25, -0.2) is 29.5 Å². The monoisotopic (exact) mass is 1140 g/mol. The first-order chi connectivity index (χ1) is 32.2. The van der Waals surface area contributed by atoms with Gasteiger partial charge in [0.1, 0.15) is 24.7 Å². The van der Waals surface area contributed by atoms with Crippen molar-refractivity contribution in [3.8, 4) is 34.0 Å². The Hall–Kier alpha value is -4.83. The molecular formula is C42H41Br2Cl5N14O4. The lowest BCUT2D eigenvalue weighted by Gasteiger charge is -2.17.